The van der Waals surface area contributed by atoms with Gasteiger partial charge in [0.25, 0.3) is 0 Å². The van der Waals surface area contributed by atoms with Crippen molar-refractivity contribution in [2.45, 2.75) is 25.8 Å². The highest BCUT2D eigenvalue weighted by Crippen LogP contribution is 2.27. The molecule has 92 valence electrons. The molecule has 1 aromatic rings. The predicted molar refractivity (Wildman–Crippen MR) is 68.8 cm³/mol. The van der Waals surface area contributed by atoms with Crippen LogP contribution in [0.5, 0.6) is 0 Å². The minimum atomic E-state index is 0.0443. The number of piperidine rings is 1. The van der Waals surface area contributed by atoms with Gasteiger partial charge in [-0.05, 0) is 25.0 Å². The summed E-state index contributed by atoms with van der Waals surface area (Å²) in [5, 5.41) is 4.10. The maximum atomic E-state index is 10.9. The number of thiophene rings is 1. The average Bonchev–Trinajstić information content (AvgIpc) is 2.78. The first kappa shape index (κ1) is 12.1. The number of nitrogens with one attached hydrogen (secondary N) is 1. The number of carbonyl (C=O) groups is 2. The number of anilines is 1. The highest BCUT2D eigenvalue weighted by molar-refractivity contribution is 7.17. The van der Waals surface area contributed by atoms with Gasteiger partial charge in [-0.1, -0.05) is 0 Å². The van der Waals surface area contributed by atoms with E-state index in [0.29, 0.717) is 6.04 Å². The van der Waals surface area contributed by atoms with Crippen LogP contribution in [0.4, 0.5) is 5.00 Å². The molecule has 17 heavy (non-hydrogen) atoms. The van der Waals surface area contributed by atoms with Crippen LogP contribution in [0.25, 0.3) is 0 Å². The maximum Gasteiger partial charge on any atom is 0.217 e. The molecule has 0 bridgehead atoms. The molecule has 0 aromatic carbocycles. The van der Waals surface area contributed by atoms with Crippen LogP contribution >= 0.6 is 11.3 Å². The lowest BCUT2D eigenvalue weighted by Crippen LogP contribution is -2.43. The molecular weight excluding hydrogens is 236 g/mol. The van der Waals surface area contributed by atoms with Crippen LogP contribution < -0.4 is 10.2 Å². The van der Waals surface area contributed by atoms with E-state index in [9.17, 15) is 9.59 Å². The maximum absolute atomic E-state index is 10.9. The molecule has 1 saturated heterocycles. The van der Waals surface area contributed by atoms with Crippen LogP contribution in [0.1, 0.15) is 29.4 Å². The molecular formula is C12H16N2O2S. The van der Waals surface area contributed by atoms with E-state index in [2.05, 4.69) is 10.2 Å². The van der Waals surface area contributed by atoms with Crippen LogP contribution in [0.2, 0.25) is 0 Å². The summed E-state index contributed by atoms with van der Waals surface area (Å²) >= 11 is 1.53. The monoisotopic (exact) mass is 252 g/mol. The Morgan fingerprint density at radius 3 is 2.71 bits per heavy atom. The lowest BCUT2D eigenvalue weighted by atomic mass is 10.1. The normalized spacial score (nSPS) is 16.9. The third-order valence-electron chi connectivity index (χ3n) is 2.94. The van der Waals surface area contributed by atoms with E-state index in [1.54, 1.807) is 6.92 Å². The summed E-state index contributed by atoms with van der Waals surface area (Å²) in [5.41, 5.74) is 0. The molecule has 1 aliphatic heterocycles. The summed E-state index contributed by atoms with van der Waals surface area (Å²) in [4.78, 5) is 24.6. The Labute approximate surface area is 105 Å². The van der Waals surface area contributed by atoms with Crippen LogP contribution in [-0.2, 0) is 4.79 Å². The lowest BCUT2D eigenvalue weighted by Gasteiger charge is -2.32. The van der Waals surface area contributed by atoms with Gasteiger partial charge in [-0.15, -0.1) is 11.3 Å². The van der Waals surface area contributed by atoms with Gasteiger partial charge in [-0.3, -0.25) is 9.59 Å². The summed E-state index contributed by atoms with van der Waals surface area (Å²) < 4.78 is 0. The number of nitrogens with zero attached hydrogens (tertiary/aromatic N) is 1. The smallest absolute Gasteiger partial charge is 0.217 e. The Kier molecular flexibility index (Phi) is 3.78. The van der Waals surface area contributed by atoms with E-state index in [1.165, 1.54) is 11.3 Å². The Hall–Kier alpha value is -1.36. The van der Waals surface area contributed by atoms with Crippen molar-refractivity contribution < 1.29 is 9.59 Å². The average molecular weight is 252 g/mol. The van der Waals surface area contributed by atoms with Gasteiger partial charge in [0.2, 0.25) is 5.91 Å². The van der Waals surface area contributed by atoms with Gasteiger partial charge in [0.05, 0.1) is 9.88 Å². The standard InChI is InChI=1S/C12H16N2O2S/c1-9(16)13-10-4-6-14(7-5-10)12-3-2-11(8-15)17-12/h2-3,8,10H,4-7H2,1H3,(H,13,16). The summed E-state index contributed by atoms with van der Waals surface area (Å²) in [7, 11) is 0. The molecule has 0 unspecified atom stereocenters. The van der Waals surface area contributed by atoms with Gasteiger partial charge in [0.15, 0.2) is 6.29 Å². The van der Waals surface area contributed by atoms with Gasteiger partial charge in [-0.25, -0.2) is 0 Å². The summed E-state index contributed by atoms with van der Waals surface area (Å²) in [6, 6.07) is 4.15. The summed E-state index contributed by atoms with van der Waals surface area (Å²) in [6.45, 7) is 3.43. The molecule has 1 aromatic heterocycles. The Morgan fingerprint density at radius 2 is 2.18 bits per heavy atom. The molecule has 5 heteroatoms. The van der Waals surface area contributed by atoms with Crippen molar-refractivity contribution in [2.75, 3.05) is 18.0 Å². The quantitative estimate of drug-likeness (QED) is 0.832. The third kappa shape index (κ3) is 3.06. The third-order valence-corrected chi connectivity index (χ3v) is 4.01. The van der Waals surface area contributed by atoms with Crippen molar-refractivity contribution in [1.82, 2.24) is 5.32 Å². The molecule has 0 radical (unpaired) electrons. The van der Waals surface area contributed by atoms with Crippen LogP contribution in [0.15, 0.2) is 12.1 Å². The minimum absolute atomic E-state index is 0.0443. The van der Waals surface area contributed by atoms with Gasteiger partial charge < -0.3 is 10.2 Å². The molecule has 2 rings (SSSR count). The molecule has 1 aliphatic rings. The molecule has 1 fully saturated rings. The Balaban J connectivity index is 1.90. The molecule has 0 aliphatic carbocycles. The number of carbonyl (C=O) groups excluding carboxylic acids is 2. The zero-order chi connectivity index (χ0) is 12.3. The van der Waals surface area contributed by atoms with E-state index in [0.717, 1.165) is 42.1 Å². The zero-order valence-corrected chi connectivity index (χ0v) is 10.6. The van der Waals surface area contributed by atoms with Gasteiger partial charge >= 0.3 is 0 Å². The van der Waals surface area contributed by atoms with E-state index in [4.69, 9.17) is 0 Å². The van der Waals surface area contributed by atoms with Crippen molar-refractivity contribution >= 4 is 28.5 Å². The summed E-state index contributed by atoms with van der Waals surface area (Å²) in [5.74, 6) is 0.0443. The van der Waals surface area contributed by atoms with Crippen molar-refractivity contribution in [3.8, 4) is 0 Å². The number of amides is 1. The SMILES string of the molecule is CC(=O)NC1CCN(c2ccc(C=O)s2)CC1. The first-order chi connectivity index (χ1) is 8.19. The van der Waals surface area contributed by atoms with Crippen LogP contribution in [0.3, 0.4) is 0 Å². The predicted octanol–water partition coefficient (Wildman–Crippen LogP) is 1.67. The van der Waals surface area contributed by atoms with E-state index >= 15 is 0 Å². The Morgan fingerprint density at radius 1 is 1.47 bits per heavy atom. The number of rotatable bonds is 3. The van der Waals surface area contributed by atoms with Gasteiger partial charge in [-0.2, -0.15) is 0 Å². The topological polar surface area (TPSA) is 49.4 Å². The second kappa shape index (κ2) is 5.31. The molecule has 1 N–H and O–H groups in total. The number of aldehydes is 1. The molecule has 0 spiro atoms. The molecule has 0 atom stereocenters. The first-order valence-corrected chi connectivity index (χ1v) is 6.58. The van der Waals surface area contributed by atoms with E-state index in [-0.39, 0.29) is 5.91 Å². The second-order valence-electron chi connectivity index (χ2n) is 4.26. The molecule has 4 nitrogen and oxygen atoms in total. The zero-order valence-electron chi connectivity index (χ0n) is 9.81. The van der Waals surface area contributed by atoms with Crippen molar-refractivity contribution in [3.05, 3.63) is 17.0 Å². The fourth-order valence-electron chi connectivity index (χ4n) is 2.11. The van der Waals surface area contributed by atoms with E-state index < -0.39 is 0 Å². The lowest BCUT2D eigenvalue weighted by molar-refractivity contribution is -0.119. The molecule has 2 heterocycles. The molecule has 1 amide bonds. The van der Waals surface area contributed by atoms with Crippen molar-refractivity contribution in [3.63, 3.8) is 0 Å². The van der Waals surface area contributed by atoms with Crippen LogP contribution in [0, 0.1) is 0 Å². The van der Waals surface area contributed by atoms with E-state index in [1.807, 2.05) is 12.1 Å². The highest BCUT2D eigenvalue weighted by atomic mass is 32.1. The van der Waals surface area contributed by atoms with Crippen molar-refractivity contribution in [2.24, 2.45) is 0 Å². The van der Waals surface area contributed by atoms with Crippen LogP contribution in [-0.4, -0.2) is 31.3 Å². The second-order valence-corrected chi connectivity index (χ2v) is 5.35. The largest absolute Gasteiger partial charge is 0.363 e. The van der Waals surface area contributed by atoms with Gasteiger partial charge in [0, 0.05) is 26.1 Å². The summed E-state index contributed by atoms with van der Waals surface area (Å²) in [6.07, 6.45) is 2.82. The van der Waals surface area contributed by atoms with Crippen molar-refractivity contribution in [1.29, 1.82) is 0 Å². The van der Waals surface area contributed by atoms with Gasteiger partial charge in [0.1, 0.15) is 0 Å². The number of hydrogen-bond acceptors (Lipinski definition) is 4. The number of hydrogen-bond donors (Lipinski definition) is 1. The fourth-order valence-corrected chi connectivity index (χ4v) is 2.98. The highest BCUT2D eigenvalue weighted by Gasteiger charge is 2.20. The minimum Gasteiger partial charge on any atom is -0.363 e. The fraction of sp³-hybridized carbons (Fsp3) is 0.500. The molecule has 0 saturated carbocycles. The first-order valence-electron chi connectivity index (χ1n) is 5.76. The Bertz CT molecular complexity index is 408.